The molecule has 0 aliphatic rings. The second kappa shape index (κ2) is 18.6. The number of aryl methyl sites for hydroxylation is 2. The van der Waals surface area contributed by atoms with Crippen LogP contribution in [0.15, 0.2) is 224 Å². The highest BCUT2D eigenvalue weighted by Gasteiger charge is 2.34. The van der Waals surface area contributed by atoms with E-state index >= 15 is 0 Å². The van der Waals surface area contributed by atoms with Crippen molar-refractivity contribution in [2.45, 2.75) is 26.2 Å². The Bertz CT molecular complexity index is 4430. The molecular formula is C67H43F6N5. The summed E-state index contributed by atoms with van der Waals surface area (Å²) in [7, 11) is 0. The summed E-state index contributed by atoms with van der Waals surface area (Å²) in [5.74, 6) is 1.17. The van der Waals surface area contributed by atoms with E-state index in [9.17, 15) is 26.3 Å². The smallest absolute Gasteiger partial charge is 0.309 e. The molecule has 3 aromatic heterocycles. The minimum absolute atomic E-state index is 0.0165. The minimum Gasteiger partial charge on any atom is -0.309 e. The van der Waals surface area contributed by atoms with Crippen LogP contribution in [0.3, 0.4) is 0 Å². The maximum atomic E-state index is 15.0. The van der Waals surface area contributed by atoms with Crippen LogP contribution in [0.2, 0.25) is 0 Å². The zero-order valence-corrected chi connectivity index (χ0v) is 41.9. The lowest BCUT2D eigenvalue weighted by molar-refractivity contribution is -0.138. The van der Waals surface area contributed by atoms with Gasteiger partial charge in [-0.2, -0.15) is 26.3 Å². The molecule has 0 aliphatic carbocycles. The predicted octanol–water partition coefficient (Wildman–Crippen LogP) is 18.7. The highest BCUT2D eigenvalue weighted by molar-refractivity contribution is 6.15. The molecule has 0 aliphatic heterocycles. The zero-order chi connectivity index (χ0) is 53.5. The van der Waals surface area contributed by atoms with Gasteiger partial charge >= 0.3 is 12.4 Å². The number of hydrogen-bond donors (Lipinski definition) is 0. The van der Waals surface area contributed by atoms with Gasteiger partial charge in [-0.15, -0.1) is 0 Å². The maximum absolute atomic E-state index is 15.0. The van der Waals surface area contributed by atoms with E-state index in [4.69, 9.17) is 15.0 Å². The van der Waals surface area contributed by atoms with E-state index in [2.05, 4.69) is 53.1 Å². The lowest BCUT2D eigenvalue weighted by Gasteiger charge is -2.18. The van der Waals surface area contributed by atoms with Crippen LogP contribution >= 0.6 is 0 Å². The van der Waals surface area contributed by atoms with Crippen molar-refractivity contribution in [2.24, 2.45) is 0 Å². The van der Waals surface area contributed by atoms with Crippen molar-refractivity contribution in [3.63, 3.8) is 0 Å². The molecule has 78 heavy (non-hydrogen) atoms. The molecule has 13 aromatic rings. The lowest BCUT2D eigenvalue weighted by Crippen LogP contribution is -2.07. The minimum atomic E-state index is -4.65. The van der Waals surface area contributed by atoms with Gasteiger partial charge in [-0.3, -0.25) is 0 Å². The van der Waals surface area contributed by atoms with Crippen LogP contribution in [-0.4, -0.2) is 24.1 Å². The summed E-state index contributed by atoms with van der Waals surface area (Å²) < 4.78 is 91.4. The number of nitrogens with zero attached hydrogens (tertiary/aromatic N) is 5. The molecule has 13 rings (SSSR count). The molecule has 0 radical (unpaired) electrons. The molecule has 5 nitrogen and oxygen atoms in total. The number of alkyl halides is 6. The van der Waals surface area contributed by atoms with Gasteiger partial charge < -0.3 is 9.13 Å². The van der Waals surface area contributed by atoms with E-state index in [1.165, 1.54) is 12.1 Å². The van der Waals surface area contributed by atoms with Gasteiger partial charge in [0.05, 0.1) is 38.9 Å². The molecular weight excluding hydrogens is 989 g/mol. The van der Waals surface area contributed by atoms with Crippen molar-refractivity contribution in [3.8, 4) is 78.9 Å². The first-order valence-electron chi connectivity index (χ1n) is 25.3. The van der Waals surface area contributed by atoms with Gasteiger partial charge in [0, 0.05) is 49.5 Å². The fraction of sp³-hybridized carbons (Fsp3) is 0.0597. The van der Waals surface area contributed by atoms with Gasteiger partial charge in [0.1, 0.15) is 0 Å². The second-order valence-electron chi connectivity index (χ2n) is 19.5. The van der Waals surface area contributed by atoms with E-state index in [0.29, 0.717) is 67.6 Å². The van der Waals surface area contributed by atoms with E-state index in [-0.39, 0.29) is 5.56 Å². The maximum Gasteiger partial charge on any atom is 0.417 e. The third-order valence-corrected chi connectivity index (χ3v) is 14.6. The summed E-state index contributed by atoms with van der Waals surface area (Å²) in [6, 6.07) is 69.3. The molecule has 10 aromatic carbocycles. The number of fused-ring (bicyclic) bond motifs is 6. The SMILES string of the molecule is Cc1ccc(-c2ccc3c4ccc(-c5ccc(C(F)(F)F)cc5C)cc4n(-c4ccc(-c5cccc6c7ccccc7n(-c7ccccc7)c56)cc4-c4nc(-c5ccccc5)nc(-c5ccccc5)n4)c3c2)c(C(F)(F)F)c1. The molecule has 11 heteroatoms. The first-order chi connectivity index (χ1) is 37.8. The molecule has 378 valence electrons. The van der Waals surface area contributed by atoms with E-state index in [1.807, 2.05) is 132 Å². The third-order valence-electron chi connectivity index (χ3n) is 14.6. The molecule has 3 heterocycles. The van der Waals surface area contributed by atoms with Crippen LogP contribution in [0.5, 0.6) is 0 Å². The largest absolute Gasteiger partial charge is 0.417 e. The van der Waals surface area contributed by atoms with E-state index in [1.54, 1.807) is 32.0 Å². The summed E-state index contributed by atoms with van der Waals surface area (Å²) in [4.78, 5) is 15.6. The van der Waals surface area contributed by atoms with Crippen molar-refractivity contribution in [3.05, 3.63) is 247 Å². The van der Waals surface area contributed by atoms with Crippen molar-refractivity contribution in [1.82, 2.24) is 24.1 Å². The normalized spacial score (nSPS) is 12.1. The first-order valence-corrected chi connectivity index (χ1v) is 25.3. The summed E-state index contributed by atoms with van der Waals surface area (Å²) in [6.45, 7) is 3.29. The first kappa shape index (κ1) is 48.1. The molecule has 0 amide bonds. The van der Waals surface area contributed by atoms with Crippen molar-refractivity contribution < 1.29 is 26.3 Å². The van der Waals surface area contributed by atoms with Gasteiger partial charge in [-0.25, -0.2) is 15.0 Å². The molecule has 0 bridgehead atoms. The summed E-state index contributed by atoms with van der Waals surface area (Å²) in [5.41, 5.74) is 9.63. The number of halogens is 6. The fourth-order valence-corrected chi connectivity index (χ4v) is 11.0. The topological polar surface area (TPSA) is 48.5 Å². The predicted molar refractivity (Wildman–Crippen MR) is 301 cm³/mol. The number of rotatable bonds is 8. The van der Waals surface area contributed by atoms with Gasteiger partial charge in [-0.1, -0.05) is 169 Å². The van der Waals surface area contributed by atoms with Gasteiger partial charge in [-0.05, 0) is 108 Å². The third kappa shape index (κ3) is 8.35. The number of benzene rings is 10. The highest BCUT2D eigenvalue weighted by Crippen LogP contribution is 2.45. The van der Waals surface area contributed by atoms with E-state index in [0.717, 1.165) is 78.7 Å². The van der Waals surface area contributed by atoms with Crippen molar-refractivity contribution >= 4 is 43.6 Å². The standard InChI is InChI=1S/C67H43F6N5/c1-40-25-30-50(57(35-40)67(71,72)73)46-27-32-54-53-31-26-45(49-33-29-47(36-41(49)2)66(68,69)70)38-60(53)78(61(54)39-46)59-34-28-44(51-22-14-23-55-52-21-12-13-24-58(52)77(62(51)55)48-19-10-5-11-20-48)37-56(59)65-75-63(42-15-6-3-7-16-42)74-64(76-65)43-17-8-4-9-18-43/h3-39H,1-2H3. The van der Waals surface area contributed by atoms with Crippen LogP contribution < -0.4 is 0 Å². The monoisotopic (exact) mass is 1030 g/mol. The Labute approximate surface area is 444 Å². The quantitative estimate of drug-likeness (QED) is 0.143. The molecule has 0 N–H and O–H groups in total. The van der Waals surface area contributed by atoms with Crippen LogP contribution in [-0.2, 0) is 12.4 Å². The van der Waals surface area contributed by atoms with Gasteiger partial charge in [0.25, 0.3) is 0 Å². The van der Waals surface area contributed by atoms with Crippen LogP contribution in [0.25, 0.3) is 123 Å². The fourth-order valence-electron chi connectivity index (χ4n) is 11.0. The number of hydrogen-bond acceptors (Lipinski definition) is 3. The van der Waals surface area contributed by atoms with Crippen molar-refractivity contribution in [2.75, 3.05) is 0 Å². The highest BCUT2D eigenvalue weighted by atomic mass is 19.4. The Morgan fingerprint density at radius 3 is 1.51 bits per heavy atom. The van der Waals surface area contributed by atoms with Crippen LogP contribution in [0.4, 0.5) is 26.3 Å². The zero-order valence-electron chi connectivity index (χ0n) is 41.9. The lowest BCUT2D eigenvalue weighted by atomic mass is 9.96. The molecule has 0 fully saturated rings. The Morgan fingerprint density at radius 2 is 0.885 bits per heavy atom. The molecule has 0 saturated heterocycles. The van der Waals surface area contributed by atoms with Gasteiger partial charge in [0.15, 0.2) is 17.5 Å². The Morgan fingerprint density at radius 1 is 0.346 bits per heavy atom. The molecule has 0 saturated carbocycles. The summed E-state index contributed by atoms with van der Waals surface area (Å²) >= 11 is 0. The average Bonchev–Trinajstić information content (AvgIpc) is 4.15. The summed E-state index contributed by atoms with van der Waals surface area (Å²) in [6.07, 6.45) is -9.19. The van der Waals surface area contributed by atoms with Crippen LogP contribution in [0.1, 0.15) is 22.3 Å². The van der Waals surface area contributed by atoms with Crippen molar-refractivity contribution in [1.29, 1.82) is 0 Å². The Balaban J connectivity index is 1.15. The molecule has 0 unspecified atom stereocenters. The summed E-state index contributed by atoms with van der Waals surface area (Å²) in [5, 5.41) is 3.63. The average molecular weight is 1030 g/mol. The molecule has 0 spiro atoms. The van der Waals surface area contributed by atoms with Gasteiger partial charge in [0.2, 0.25) is 0 Å². The second-order valence-corrected chi connectivity index (χ2v) is 19.5. The molecule has 0 atom stereocenters. The Hall–Kier alpha value is -9.61. The van der Waals surface area contributed by atoms with Crippen LogP contribution in [0, 0.1) is 13.8 Å². The number of para-hydroxylation sites is 3. The number of aromatic nitrogens is 5. The Kier molecular flexibility index (Phi) is 11.5. The van der Waals surface area contributed by atoms with E-state index < -0.39 is 23.5 Å².